The van der Waals surface area contributed by atoms with Gasteiger partial charge in [-0.1, -0.05) is 17.7 Å². The first-order chi connectivity index (χ1) is 12.8. The molecule has 1 aliphatic heterocycles. The first kappa shape index (κ1) is 16.0. The predicted octanol–water partition coefficient (Wildman–Crippen LogP) is 3.51. The van der Waals surface area contributed by atoms with E-state index in [2.05, 4.69) is 31.2 Å². The fourth-order valence-corrected chi connectivity index (χ4v) is 4.14. The molecule has 0 N–H and O–H groups in total. The summed E-state index contributed by atoms with van der Waals surface area (Å²) in [7, 11) is 0. The molecule has 0 amide bonds. The van der Waals surface area contributed by atoms with Crippen molar-refractivity contribution in [1.29, 1.82) is 0 Å². The van der Waals surface area contributed by atoms with Gasteiger partial charge in [0.1, 0.15) is 5.02 Å². The molecule has 1 aliphatic carbocycles. The van der Waals surface area contributed by atoms with Gasteiger partial charge in [0.2, 0.25) is 0 Å². The molecule has 2 fully saturated rings. The van der Waals surface area contributed by atoms with E-state index in [9.17, 15) is 0 Å². The number of piperidine rings is 1. The molecule has 0 atom stereocenters. The van der Waals surface area contributed by atoms with Crippen molar-refractivity contribution < 1.29 is 0 Å². The van der Waals surface area contributed by atoms with Crippen LogP contribution in [0.1, 0.15) is 43.0 Å². The van der Waals surface area contributed by atoms with E-state index in [1.807, 2.05) is 29.2 Å². The van der Waals surface area contributed by atoms with Crippen molar-refractivity contribution in [3.05, 3.63) is 47.1 Å². The lowest BCUT2D eigenvalue weighted by molar-refractivity contribution is 0.504. The molecule has 6 nitrogen and oxygen atoms in total. The molecule has 0 unspecified atom stereocenters. The van der Waals surface area contributed by atoms with Gasteiger partial charge < -0.3 is 4.90 Å². The van der Waals surface area contributed by atoms with E-state index in [1.165, 1.54) is 18.4 Å². The maximum absolute atomic E-state index is 6.68. The molecule has 3 aromatic rings. The number of aromatic nitrogens is 5. The minimum atomic E-state index is 0.564. The van der Waals surface area contributed by atoms with E-state index < -0.39 is 0 Å². The van der Waals surface area contributed by atoms with Crippen LogP contribution in [0.15, 0.2) is 30.7 Å². The number of nitrogens with zero attached hydrogens (tertiary/aromatic N) is 6. The van der Waals surface area contributed by atoms with Crippen molar-refractivity contribution in [3.8, 4) is 0 Å². The molecule has 1 saturated carbocycles. The van der Waals surface area contributed by atoms with Gasteiger partial charge >= 0.3 is 0 Å². The monoisotopic (exact) mass is 368 g/mol. The topological polar surface area (TPSA) is 59.2 Å². The van der Waals surface area contributed by atoms with E-state index in [0.717, 1.165) is 49.8 Å². The fraction of sp³-hybridized carbons (Fsp3) is 0.474. The Morgan fingerprint density at radius 3 is 2.65 bits per heavy atom. The first-order valence-corrected chi connectivity index (χ1v) is 9.71. The molecular formula is C19H21ClN6. The number of hydrogen-bond acceptors (Lipinski definition) is 5. The Bertz CT molecular complexity index is 912. The standard InChI is InChI=1S/C19H21ClN6/c20-18-16(12-22-26-17(10-13-3-4-13)23-24-19(18)26)25-8-5-14(6-9-25)15-2-1-7-21-11-15/h1-2,7,11-14H,3-6,8-10H2. The zero-order valence-electron chi connectivity index (χ0n) is 14.6. The summed E-state index contributed by atoms with van der Waals surface area (Å²) in [6.45, 7) is 1.92. The van der Waals surface area contributed by atoms with Gasteiger partial charge in [-0.25, -0.2) is 0 Å². The summed E-state index contributed by atoms with van der Waals surface area (Å²) < 4.78 is 1.81. The lowest BCUT2D eigenvalue weighted by Gasteiger charge is -2.33. The van der Waals surface area contributed by atoms with Crippen LogP contribution in [0.3, 0.4) is 0 Å². The van der Waals surface area contributed by atoms with Gasteiger partial charge in [0.25, 0.3) is 0 Å². The summed E-state index contributed by atoms with van der Waals surface area (Å²) in [5.41, 5.74) is 2.97. The third-order valence-corrected chi connectivity index (χ3v) is 5.94. The van der Waals surface area contributed by atoms with Crippen LogP contribution in [0.25, 0.3) is 5.65 Å². The van der Waals surface area contributed by atoms with Gasteiger partial charge in [-0.3, -0.25) is 4.98 Å². The van der Waals surface area contributed by atoms with Crippen LogP contribution in [0.5, 0.6) is 0 Å². The van der Waals surface area contributed by atoms with E-state index in [0.29, 0.717) is 16.6 Å². The second kappa shape index (κ2) is 6.50. The molecular weight excluding hydrogens is 348 g/mol. The van der Waals surface area contributed by atoms with Gasteiger partial charge in [0, 0.05) is 31.9 Å². The van der Waals surface area contributed by atoms with Crippen molar-refractivity contribution >= 4 is 22.9 Å². The van der Waals surface area contributed by atoms with Gasteiger partial charge in [-0.05, 0) is 49.1 Å². The summed E-state index contributed by atoms with van der Waals surface area (Å²) in [5.74, 6) is 2.23. The summed E-state index contributed by atoms with van der Waals surface area (Å²) in [4.78, 5) is 6.57. The Balaban J connectivity index is 1.35. The molecule has 26 heavy (non-hydrogen) atoms. The molecule has 0 aromatic carbocycles. The average Bonchev–Trinajstić information content (AvgIpc) is 3.42. The second-order valence-corrected chi connectivity index (χ2v) is 7.77. The van der Waals surface area contributed by atoms with Crippen LogP contribution >= 0.6 is 11.6 Å². The number of anilines is 1. The molecule has 134 valence electrons. The Morgan fingerprint density at radius 1 is 1.08 bits per heavy atom. The summed E-state index contributed by atoms with van der Waals surface area (Å²) in [6, 6.07) is 4.19. The minimum absolute atomic E-state index is 0.564. The van der Waals surface area contributed by atoms with Crippen LogP contribution in [0, 0.1) is 5.92 Å². The van der Waals surface area contributed by atoms with Crippen LogP contribution in [-0.2, 0) is 6.42 Å². The molecule has 2 aliphatic rings. The van der Waals surface area contributed by atoms with E-state index in [-0.39, 0.29) is 0 Å². The lowest BCUT2D eigenvalue weighted by Crippen LogP contribution is -2.33. The summed E-state index contributed by atoms with van der Waals surface area (Å²) in [5, 5.41) is 13.9. The number of halogens is 1. The van der Waals surface area contributed by atoms with E-state index in [4.69, 9.17) is 11.6 Å². The van der Waals surface area contributed by atoms with Gasteiger partial charge in [-0.2, -0.15) is 9.61 Å². The van der Waals surface area contributed by atoms with Crippen molar-refractivity contribution in [2.45, 2.75) is 38.0 Å². The SMILES string of the molecule is Clc1c(N2CCC(c3cccnc3)CC2)cnn2c(CC3CC3)nnc12. The second-order valence-electron chi connectivity index (χ2n) is 7.39. The molecule has 3 aromatic heterocycles. The number of rotatable bonds is 4. The van der Waals surface area contributed by atoms with Gasteiger partial charge in [0.05, 0.1) is 11.9 Å². The smallest absolute Gasteiger partial charge is 0.198 e. The Kier molecular flexibility index (Phi) is 4.00. The average molecular weight is 369 g/mol. The van der Waals surface area contributed by atoms with Crippen LogP contribution in [-0.4, -0.2) is 37.9 Å². The summed E-state index contributed by atoms with van der Waals surface area (Å²) in [6.07, 6.45) is 11.4. The number of fused-ring (bicyclic) bond motifs is 1. The van der Waals surface area contributed by atoms with Crippen LogP contribution < -0.4 is 4.90 Å². The molecule has 7 heteroatoms. The maximum Gasteiger partial charge on any atom is 0.198 e. The van der Waals surface area contributed by atoms with Gasteiger partial charge in [-0.15, -0.1) is 10.2 Å². The Hall–Kier alpha value is -2.21. The minimum Gasteiger partial charge on any atom is -0.369 e. The van der Waals surface area contributed by atoms with Crippen molar-refractivity contribution in [2.24, 2.45) is 5.92 Å². The number of pyridine rings is 1. The third-order valence-electron chi connectivity index (χ3n) is 5.58. The van der Waals surface area contributed by atoms with E-state index in [1.54, 1.807) is 0 Å². The predicted molar refractivity (Wildman–Crippen MR) is 101 cm³/mol. The highest BCUT2D eigenvalue weighted by Gasteiger charge is 2.27. The molecule has 0 radical (unpaired) electrons. The van der Waals surface area contributed by atoms with Crippen LogP contribution in [0.2, 0.25) is 5.02 Å². The van der Waals surface area contributed by atoms with Crippen molar-refractivity contribution in [1.82, 2.24) is 24.8 Å². The Morgan fingerprint density at radius 2 is 1.92 bits per heavy atom. The molecule has 4 heterocycles. The molecule has 5 rings (SSSR count). The lowest BCUT2D eigenvalue weighted by atomic mass is 9.90. The van der Waals surface area contributed by atoms with Crippen LogP contribution in [0.4, 0.5) is 5.69 Å². The van der Waals surface area contributed by atoms with E-state index >= 15 is 0 Å². The normalized spacial score (nSPS) is 18.6. The molecule has 0 bridgehead atoms. The molecule has 1 saturated heterocycles. The fourth-order valence-electron chi connectivity index (χ4n) is 3.85. The Labute approximate surface area is 157 Å². The third kappa shape index (κ3) is 2.92. The zero-order chi connectivity index (χ0) is 17.5. The highest BCUT2D eigenvalue weighted by molar-refractivity contribution is 6.36. The largest absolute Gasteiger partial charge is 0.369 e. The maximum atomic E-state index is 6.68. The summed E-state index contributed by atoms with van der Waals surface area (Å²) >= 11 is 6.68. The number of hydrogen-bond donors (Lipinski definition) is 0. The highest BCUT2D eigenvalue weighted by Crippen LogP contribution is 2.35. The zero-order valence-corrected chi connectivity index (χ0v) is 15.3. The van der Waals surface area contributed by atoms with Gasteiger partial charge in [0.15, 0.2) is 11.5 Å². The van der Waals surface area contributed by atoms with Crippen molar-refractivity contribution in [2.75, 3.05) is 18.0 Å². The highest BCUT2D eigenvalue weighted by atomic mass is 35.5. The molecule has 0 spiro atoms. The van der Waals surface area contributed by atoms with Crippen molar-refractivity contribution in [3.63, 3.8) is 0 Å². The quantitative estimate of drug-likeness (QED) is 0.705. The first-order valence-electron chi connectivity index (χ1n) is 9.33.